The van der Waals surface area contributed by atoms with E-state index in [1.165, 1.54) is 0 Å². The highest BCUT2D eigenvalue weighted by Gasteiger charge is 2.19. The fourth-order valence-electron chi connectivity index (χ4n) is 3.45. The van der Waals surface area contributed by atoms with E-state index in [9.17, 15) is 14.0 Å². The van der Waals surface area contributed by atoms with Crippen LogP contribution in [0.3, 0.4) is 0 Å². The minimum absolute atomic E-state index is 0.124. The Hall–Kier alpha value is -3.55. The summed E-state index contributed by atoms with van der Waals surface area (Å²) in [6, 6.07) is 10.6. The minimum atomic E-state index is -0.537. The molecule has 3 aromatic rings. The fraction of sp³-hybridized carbons (Fsp3) is 0.238. The number of aromatic amines is 1. The van der Waals surface area contributed by atoms with Gasteiger partial charge in [-0.3, -0.25) is 9.59 Å². The van der Waals surface area contributed by atoms with Gasteiger partial charge in [-0.1, -0.05) is 18.2 Å². The summed E-state index contributed by atoms with van der Waals surface area (Å²) in [7, 11) is 0. The van der Waals surface area contributed by atoms with Crippen LogP contribution in [-0.4, -0.2) is 45.4 Å². The lowest BCUT2D eigenvalue weighted by molar-refractivity contribution is -0.118. The van der Waals surface area contributed by atoms with Crippen molar-refractivity contribution >= 4 is 12.4 Å². The van der Waals surface area contributed by atoms with Gasteiger partial charge in [-0.15, -0.1) is 0 Å². The number of carbonyl (C=O) groups excluding carboxylic acids is 1. The van der Waals surface area contributed by atoms with Gasteiger partial charge in [-0.05, 0) is 36.6 Å². The zero-order valence-corrected chi connectivity index (χ0v) is 15.6. The molecule has 0 bridgehead atoms. The molecule has 2 N–H and O–H groups in total. The van der Waals surface area contributed by atoms with E-state index in [0.717, 1.165) is 25.4 Å². The number of halogens is 1. The highest BCUT2D eigenvalue weighted by atomic mass is 19.1. The molecule has 148 valence electrons. The van der Waals surface area contributed by atoms with Crippen molar-refractivity contribution in [2.24, 2.45) is 0 Å². The van der Waals surface area contributed by atoms with Crippen molar-refractivity contribution in [2.75, 3.05) is 18.4 Å². The molecule has 29 heavy (non-hydrogen) atoms. The van der Waals surface area contributed by atoms with Crippen molar-refractivity contribution in [3.63, 3.8) is 0 Å². The molecule has 2 aromatic heterocycles. The van der Waals surface area contributed by atoms with Gasteiger partial charge >= 0.3 is 0 Å². The average Bonchev–Trinajstić information content (AvgIpc) is 2.76. The van der Waals surface area contributed by atoms with Crippen LogP contribution in [0.1, 0.15) is 12.8 Å². The van der Waals surface area contributed by atoms with E-state index in [1.807, 2.05) is 0 Å². The summed E-state index contributed by atoms with van der Waals surface area (Å²) in [5.74, 6) is -0.195. The Morgan fingerprint density at radius 1 is 1.17 bits per heavy atom. The topological polar surface area (TPSA) is 91.0 Å². The Labute approximate surface area is 166 Å². The smallest absolute Gasteiger partial charge is 0.255 e. The lowest BCUT2D eigenvalue weighted by atomic mass is 10.0. The number of likely N-dealkylation sites (tertiary alicyclic amines) is 1. The van der Waals surface area contributed by atoms with Crippen LogP contribution in [0.15, 0.2) is 53.6 Å². The molecule has 0 atom stereocenters. The average molecular weight is 393 g/mol. The van der Waals surface area contributed by atoms with Gasteiger partial charge in [0, 0.05) is 36.5 Å². The molecule has 8 heteroatoms. The van der Waals surface area contributed by atoms with Crippen LogP contribution in [-0.2, 0) is 4.79 Å². The van der Waals surface area contributed by atoms with Crippen molar-refractivity contribution in [2.45, 2.75) is 18.9 Å². The summed E-state index contributed by atoms with van der Waals surface area (Å²) in [5, 5.41) is 3.23. The van der Waals surface area contributed by atoms with Crippen molar-refractivity contribution in [1.29, 1.82) is 0 Å². The van der Waals surface area contributed by atoms with Gasteiger partial charge in [0.05, 0.1) is 6.20 Å². The van der Waals surface area contributed by atoms with Crippen molar-refractivity contribution in [1.82, 2.24) is 19.9 Å². The molecule has 0 unspecified atom stereocenters. The number of H-pyrrole nitrogens is 1. The van der Waals surface area contributed by atoms with Crippen LogP contribution in [0.2, 0.25) is 0 Å². The van der Waals surface area contributed by atoms with Gasteiger partial charge in [0.2, 0.25) is 12.4 Å². The number of piperidine rings is 1. The second-order valence-electron chi connectivity index (χ2n) is 6.94. The zero-order valence-electron chi connectivity index (χ0n) is 15.6. The first-order valence-corrected chi connectivity index (χ1v) is 9.41. The van der Waals surface area contributed by atoms with Gasteiger partial charge in [0.1, 0.15) is 5.69 Å². The molecule has 1 aliphatic heterocycles. The maximum atomic E-state index is 14.5. The molecule has 0 spiro atoms. The maximum Gasteiger partial charge on any atom is 0.255 e. The summed E-state index contributed by atoms with van der Waals surface area (Å²) < 4.78 is 14.5. The molecule has 0 aliphatic carbocycles. The Morgan fingerprint density at radius 3 is 2.72 bits per heavy atom. The number of carbonyl (C=O) groups is 1. The first-order chi connectivity index (χ1) is 14.1. The van der Waals surface area contributed by atoms with E-state index in [4.69, 9.17) is 0 Å². The summed E-state index contributed by atoms with van der Waals surface area (Å²) in [6.45, 7) is 1.34. The second kappa shape index (κ2) is 8.22. The van der Waals surface area contributed by atoms with E-state index in [-0.39, 0.29) is 17.3 Å². The number of hydrogen-bond acceptors (Lipinski definition) is 5. The van der Waals surface area contributed by atoms with Gasteiger partial charge in [0.25, 0.3) is 5.56 Å². The number of nitrogens with one attached hydrogen (secondary N) is 2. The van der Waals surface area contributed by atoms with E-state index in [0.29, 0.717) is 35.7 Å². The maximum absolute atomic E-state index is 14.5. The molecular weight excluding hydrogens is 373 g/mol. The standard InChI is InChI=1S/C21H20FN5O2/c22-18-12-24-21(25-16-6-9-27(13-28)10-7-16)26-19(18)15-4-1-3-14(11-15)17-5-2-8-23-20(17)29/h1-5,8,11-13,16H,6-7,9-10H2,(H,23,29)(H,24,25,26). The third-order valence-electron chi connectivity index (χ3n) is 5.02. The van der Waals surface area contributed by atoms with Crippen LogP contribution >= 0.6 is 0 Å². The van der Waals surface area contributed by atoms with Crippen molar-refractivity contribution < 1.29 is 9.18 Å². The molecule has 4 rings (SSSR count). The quantitative estimate of drug-likeness (QED) is 0.651. The fourth-order valence-corrected chi connectivity index (χ4v) is 3.45. The molecular formula is C21H20FN5O2. The first kappa shape index (κ1) is 18.8. The lowest BCUT2D eigenvalue weighted by Crippen LogP contribution is -2.38. The normalized spacial score (nSPS) is 14.6. The van der Waals surface area contributed by atoms with Gasteiger partial charge in [-0.25, -0.2) is 14.4 Å². The van der Waals surface area contributed by atoms with Gasteiger partial charge in [0.15, 0.2) is 5.82 Å². The molecule has 0 radical (unpaired) electrons. The van der Waals surface area contributed by atoms with Crippen LogP contribution in [0.25, 0.3) is 22.4 Å². The Kier molecular flexibility index (Phi) is 5.33. The molecule has 1 saturated heterocycles. The van der Waals surface area contributed by atoms with Crippen molar-refractivity contribution in [3.8, 4) is 22.4 Å². The van der Waals surface area contributed by atoms with Crippen molar-refractivity contribution in [3.05, 3.63) is 65.0 Å². The zero-order chi connectivity index (χ0) is 20.2. The van der Waals surface area contributed by atoms with Gasteiger partial charge in [-0.2, -0.15) is 0 Å². The summed E-state index contributed by atoms with van der Waals surface area (Å²) in [4.78, 5) is 35.7. The molecule has 1 aliphatic rings. The molecule has 7 nitrogen and oxygen atoms in total. The minimum Gasteiger partial charge on any atom is -0.351 e. The molecule has 1 aromatic carbocycles. The number of aromatic nitrogens is 3. The molecule has 1 fully saturated rings. The van der Waals surface area contributed by atoms with Gasteiger partial charge < -0.3 is 15.2 Å². The van der Waals surface area contributed by atoms with Crippen LogP contribution in [0, 0.1) is 5.82 Å². The first-order valence-electron chi connectivity index (χ1n) is 9.41. The highest BCUT2D eigenvalue weighted by Crippen LogP contribution is 2.26. The van der Waals surface area contributed by atoms with E-state index in [2.05, 4.69) is 20.3 Å². The molecule has 1 amide bonds. The third-order valence-corrected chi connectivity index (χ3v) is 5.02. The predicted octanol–water partition coefficient (Wildman–Crippen LogP) is 2.67. The van der Waals surface area contributed by atoms with Crippen LogP contribution in [0.4, 0.5) is 10.3 Å². The predicted molar refractivity (Wildman–Crippen MR) is 108 cm³/mol. The number of hydrogen-bond donors (Lipinski definition) is 2. The largest absolute Gasteiger partial charge is 0.351 e. The lowest BCUT2D eigenvalue weighted by Gasteiger charge is -2.29. The summed E-state index contributed by atoms with van der Waals surface area (Å²) in [5.41, 5.74) is 1.70. The monoisotopic (exact) mass is 393 g/mol. The van der Waals surface area contributed by atoms with E-state index < -0.39 is 5.82 Å². The number of anilines is 1. The summed E-state index contributed by atoms with van der Waals surface area (Å²) >= 11 is 0. The number of nitrogens with zero attached hydrogens (tertiary/aromatic N) is 3. The number of pyridine rings is 1. The summed E-state index contributed by atoms with van der Waals surface area (Å²) in [6.07, 6.45) is 5.13. The number of amides is 1. The Balaban J connectivity index is 1.60. The Bertz CT molecular complexity index is 1080. The third kappa shape index (κ3) is 4.16. The van der Waals surface area contributed by atoms with Crippen LogP contribution < -0.4 is 10.9 Å². The highest BCUT2D eigenvalue weighted by molar-refractivity contribution is 5.71. The second-order valence-corrected chi connectivity index (χ2v) is 6.94. The van der Waals surface area contributed by atoms with Crippen LogP contribution in [0.5, 0.6) is 0 Å². The molecule has 0 saturated carbocycles. The SMILES string of the molecule is O=CN1CCC(Nc2ncc(F)c(-c3cccc(-c4ccc[nH]c4=O)c3)n2)CC1. The van der Waals surface area contributed by atoms with E-state index >= 15 is 0 Å². The number of rotatable bonds is 5. The number of benzene rings is 1. The Morgan fingerprint density at radius 2 is 1.97 bits per heavy atom. The molecule has 3 heterocycles. The van der Waals surface area contributed by atoms with E-state index in [1.54, 1.807) is 47.5 Å².